The number of nitrogens with zero attached hydrogens (tertiary/aromatic N) is 2. The van der Waals surface area contributed by atoms with E-state index >= 15 is 0 Å². The first-order chi connectivity index (χ1) is 13.8. The first kappa shape index (κ1) is 23.0. The monoisotopic (exact) mass is 402 g/mol. The Bertz CT molecular complexity index is 794. The van der Waals surface area contributed by atoms with Gasteiger partial charge in [-0.25, -0.2) is 0 Å². The number of piperidine rings is 1. The quantitative estimate of drug-likeness (QED) is 0.555. The lowest BCUT2D eigenvalue weighted by Gasteiger charge is -2.38. The predicted octanol–water partition coefficient (Wildman–Crippen LogP) is 6.91. The van der Waals surface area contributed by atoms with Gasteiger partial charge in [0.2, 0.25) is 0 Å². The first-order valence-electron chi connectivity index (χ1n) is 10.1. The molecule has 1 aliphatic heterocycles. The molecule has 0 N–H and O–H groups in total. The topological polar surface area (TPSA) is 27.0 Å². The SMILES string of the molecule is CC.CC1(CC#N)CCN(Cc2ccc(-c3ccc(C(F)(F)F)cc3)cc2)CC1. The van der Waals surface area contributed by atoms with Gasteiger partial charge in [0.25, 0.3) is 0 Å². The van der Waals surface area contributed by atoms with E-state index in [-0.39, 0.29) is 5.41 Å². The van der Waals surface area contributed by atoms with E-state index in [9.17, 15) is 13.2 Å². The van der Waals surface area contributed by atoms with Crippen molar-refractivity contribution in [3.63, 3.8) is 0 Å². The summed E-state index contributed by atoms with van der Waals surface area (Å²) in [4.78, 5) is 2.40. The highest BCUT2D eigenvalue weighted by atomic mass is 19.4. The van der Waals surface area contributed by atoms with Gasteiger partial charge in [-0.2, -0.15) is 18.4 Å². The van der Waals surface area contributed by atoms with E-state index in [1.807, 2.05) is 38.1 Å². The van der Waals surface area contributed by atoms with Crippen LogP contribution in [0.5, 0.6) is 0 Å². The maximum atomic E-state index is 12.7. The van der Waals surface area contributed by atoms with Crippen LogP contribution in [0.1, 0.15) is 51.2 Å². The Kier molecular flexibility index (Phi) is 7.87. The molecule has 2 aromatic carbocycles. The van der Waals surface area contributed by atoms with Crippen molar-refractivity contribution in [2.45, 2.75) is 52.8 Å². The number of rotatable bonds is 4. The zero-order chi connectivity index (χ0) is 21.5. The van der Waals surface area contributed by atoms with Gasteiger partial charge in [0.05, 0.1) is 11.6 Å². The van der Waals surface area contributed by atoms with Crippen LogP contribution in [0, 0.1) is 16.7 Å². The summed E-state index contributed by atoms with van der Waals surface area (Å²) in [6, 6.07) is 15.6. The number of likely N-dealkylation sites (tertiary alicyclic amines) is 1. The zero-order valence-electron chi connectivity index (χ0n) is 17.4. The van der Waals surface area contributed by atoms with Crippen molar-refractivity contribution in [3.05, 3.63) is 59.7 Å². The molecule has 2 aromatic rings. The van der Waals surface area contributed by atoms with Crippen LogP contribution < -0.4 is 0 Å². The summed E-state index contributed by atoms with van der Waals surface area (Å²) >= 11 is 0. The van der Waals surface area contributed by atoms with Crippen molar-refractivity contribution in [3.8, 4) is 17.2 Å². The Morgan fingerprint density at radius 1 is 0.931 bits per heavy atom. The predicted molar refractivity (Wildman–Crippen MR) is 111 cm³/mol. The molecule has 0 amide bonds. The second-order valence-electron chi connectivity index (χ2n) is 7.69. The fourth-order valence-electron chi connectivity index (χ4n) is 3.53. The van der Waals surface area contributed by atoms with Gasteiger partial charge in [0.1, 0.15) is 0 Å². The third kappa shape index (κ3) is 6.33. The summed E-state index contributed by atoms with van der Waals surface area (Å²) in [5.41, 5.74) is 2.39. The molecule has 0 saturated carbocycles. The molecule has 1 fully saturated rings. The molecule has 1 aliphatic rings. The molecular formula is C24H29F3N2. The summed E-state index contributed by atoms with van der Waals surface area (Å²) < 4.78 is 38.0. The molecule has 0 atom stereocenters. The van der Waals surface area contributed by atoms with Crippen LogP contribution in [0.3, 0.4) is 0 Å². The smallest absolute Gasteiger partial charge is 0.299 e. The second-order valence-corrected chi connectivity index (χ2v) is 7.69. The molecular weight excluding hydrogens is 373 g/mol. The summed E-state index contributed by atoms with van der Waals surface area (Å²) in [7, 11) is 0. The Morgan fingerprint density at radius 3 is 1.86 bits per heavy atom. The number of hydrogen-bond donors (Lipinski definition) is 0. The molecule has 3 rings (SSSR count). The number of nitriles is 1. The van der Waals surface area contributed by atoms with E-state index in [1.54, 1.807) is 0 Å². The minimum Gasteiger partial charge on any atom is -0.299 e. The van der Waals surface area contributed by atoms with Gasteiger partial charge in [-0.05, 0) is 60.2 Å². The number of alkyl halides is 3. The normalized spacial score (nSPS) is 16.4. The van der Waals surface area contributed by atoms with Crippen LogP contribution >= 0.6 is 0 Å². The number of halogens is 3. The fraction of sp³-hybridized carbons (Fsp3) is 0.458. The van der Waals surface area contributed by atoms with E-state index in [4.69, 9.17) is 5.26 Å². The molecule has 29 heavy (non-hydrogen) atoms. The molecule has 1 saturated heterocycles. The largest absolute Gasteiger partial charge is 0.416 e. The maximum Gasteiger partial charge on any atom is 0.416 e. The van der Waals surface area contributed by atoms with Crippen LogP contribution in [0.2, 0.25) is 0 Å². The van der Waals surface area contributed by atoms with Gasteiger partial charge in [0, 0.05) is 13.0 Å². The molecule has 1 heterocycles. The molecule has 2 nitrogen and oxygen atoms in total. The van der Waals surface area contributed by atoms with E-state index in [1.165, 1.54) is 17.7 Å². The average molecular weight is 403 g/mol. The number of benzene rings is 2. The highest BCUT2D eigenvalue weighted by Gasteiger charge is 2.30. The minimum absolute atomic E-state index is 0.137. The van der Waals surface area contributed by atoms with Crippen LogP contribution in [-0.2, 0) is 12.7 Å². The molecule has 156 valence electrons. The highest BCUT2D eigenvalue weighted by Crippen LogP contribution is 2.34. The molecule has 5 heteroatoms. The lowest BCUT2D eigenvalue weighted by atomic mass is 9.78. The second kappa shape index (κ2) is 9.93. The van der Waals surface area contributed by atoms with E-state index in [0.29, 0.717) is 6.42 Å². The molecule has 0 spiro atoms. The standard InChI is InChI=1S/C22H23F3N2.C2H6/c1-21(10-13-26)11-14-27(15-12-21)16-17-2-4-18(5-3-17)19-6-8-20(9-7-19)22(23,24)25;1-2/h2-9H,10-12,14-16H2,1H3;1-2H3. The van der Waals surface area contributed by atoms with Crippen LogP contribution in [0.15, 0.2) is 48.5 Å². The lowest BCUT2D eigenvalue weighted by Crippen LogP contribution is -2.38. The molecule has 0 bridgehead atoms. The minimum atomic E-state index is -4.31. The Labute approximate surface area is 172 Å². The fourth-order valence-corrected chi connectivity index (χ4v) is 3.53. The Morgan fingerprint density at radius 2 is 1.41 bits per heavy atom. The third-order valence-electron chi connectivity index (χ3n) is 5.47. The molecule has 0 aromatic heterocycles. The van der Waals surface area contributed by atoms with Gasteiger partial charge in [-0.3, -0.25) is 4.90 Å². The Balaban J connectivity index is 0.00000145. The van der Waals surface area contributed by atoms with E-state index in [0.717, 1.165) is 55.7 Å². The van der Waals surface area contributed by atoms with Gasteiger partial charge < -0.3 is 0 Å². The summed E-state index contributed by atoms with van der Waals surface area (Å²) in [5, 5.41) is 8.94. The van der Waals surface area contributed by atoms with Crippen molar-refractivity contribution in [2.75, 3.05) is 13.1 Å². The first-order valence-corrected chi connectivity index (χ1v) is 10.1. The lowest BCUT2D eigenvalue weighted by molar-refractivity contribution is -0.137. The van der Waals surface area contributed by atoms with Gasteiger partial charge in [-0.15, -0.1) is 0 Å². The maximum absolute atomic E-state index is 12.7. The summed E-state index contributed by atoms with van der Waals surface area (Å²) in [6.45, 7) is 9.01. The Hall–Kier alpha value is -2.32. The number of hydrogen-bond acceptors (Lipinski definition) is 2. The molecule has 0 radical (unpaired) electrons. The van der Waals surface area contributed by atoms with Crippen molar-refractivity contribution < 1.29 is 13.2 Å². The van der Waals surface area contributed by atoms with E-state index < -0.39 is 11.7 Å². The van der Waals surface area contributed by atoms with Crippen molar-refractivity contribution in [1.82, 2.24) is 4.90 Å². The average Bonchev–Trinajstić information content (AvgIpc) is 2.72. The highest BCUT2D eigenvalue weighted by molar-refractivity contribution is 5.64. The van der Waals surface area contributed by atoms with Crippen LogP contribution in [0.25, 0.3) is 11.1 Å². The van der Waals surface area contributed by atoms with Crippen molar-refractivity contribution >= 4 is 0 Å². The van der Waals surface area contributed by atoms with E-state index in [2.05, 4.69) is 17.9 Å². The third-order valence-corrected chi connectivity index (χ3v) is 5.47. The summed E-state index contributed by atoms with van der Waals surface area (Å²) in [5.74, 6) is 0. The van der Waals surface area contributed by atoms with Gasteiger partial charge >= 0.3 is 6.18 Å². The van der Waals surface area contributed by atoms with Crippen LogP contribution in [-0.4, -0.2) is 18.0 Å². The van der Waals surface area contributed by atoms with Crippen molar-refractivity contribution in [2.24, 2.45) is 5.41 Å². The molecule has 0 unspecified atom stereocenters. The van der Waals surface area contributed by atoms with Gasteiger partial charge in [0.15, 0.2) is 0 Å². The van der Waals surface area contributed by atoms with Gasteiger partial charge in [-0.1, -0.05) is 57.2 Å². The zero-order valence-corrected chi connectivity index (χ0v) is 17.4. The molecule has 0 aliphatic carbocycles. The van der Waals surface area contributed by atoms with Crippen molar-refractivity contribution in [1.29, 1.82) is 5.26 Å². The summed E-state index contributed by atoms with van der Waals surface area (Å²) in [6.07, 6.45) is -1.63. The van der Waals surface area contributed by atoms with Crippen LogP contribution in [0.4, 0.5) is 13.2 Å².